The lowest BCUT2D eigenvalue weighted by Crippen LogP contribution is -2.47. The van der Waals surface area contributed by atoms with Gasteiger partial charge in [-0.1, -0.05) is 0 Å². The number of anilines is 1. The number of nitrogens with zero attached hydrogens (tertiary/aromatic N) is 3. The van der Waals surface area contributed by atoms with Crippen LogP contribution in [0.4, 0.5) is 5.82 Å². The number of pyridine rings is 1. The minimum absolute atomic E-state index is 0.109. The minimum atomic E-state index is 0.109. The van der Waals surface area contributed by atoms with Crippen molar-refractivity contribution in [2.75, 3.05) is 45.1 Å². The molecule has 0 saturated carbocycles. The molecule has 2 rings (SSSR count). The van der Waals surface area contributed by atoms with E-state index in [1.807, 2.05) is 30.9 Å². The Kier molecular flexibility index (Phi) is 4.37. The summed E-state index contributed by atoms with van der Waals surface area (Å²) in [5.74, 6) is 0.887. The number of aryl methyl sites for hydroxylation is 1. The third kappa shape index (κ3) is 3.44. The van der Waals surface area contributed by atoms with E-state index in [2.05, 4.69) is 22.2 Å². The van der Waals surface area contributed by atoms with Crippen molar-refractivity contribution in [2.24, 2.45) is 0 Å². The highest BCUT2D eigenvalue weighted by Gasteiger charge is 2.20. The summed E-state index contributed by atoms with van der Waals surface area (Å²) < 4.78 is 0. The first-order valence-electron chi connectivity index (χ1n) is 6.80. The molecular formula is C14H22N4O. The Balaban J connectivity index is 2.14. The lowest BCUT2D eigenvalue weighted by atomic mass is 10.2. The van der Waals surface area contributed by atoms with Crippen LogP contribution >= 0.6 is 0 Å². The Bertz CT molecular complexity index is 453. The molecule has 1 aliphatic heterocycles. The van der Waals surface area contributed by atoms with E-state index < -0.39 is 0 Å². The van der Waals surface area contributed by atoms with Crippen LogP contribution in [0, 0.1) is 6.92 Å². The molecule has 0 radical (unpaired) electrons. The summed E-state index contributed by atoms with van der Waals surface area (Å²) in [6.45, 7) is 8.22. The number of piperazine rings is 1. The quantitative estimate of drug-likeness (QED) is 0.889. The van der Waals surface area contributed by atoms with Crippen molar-refractivity contribution >= 4 is 11.7 Å². The van der Waals surface area contributed by atoms with Gasteiger partial charge in [0.1, 0.15) is 5.82 Å². The number of aromatic nitrogens is 1. The maximum Gasteiger partial charge on any atom is 0.254 e. The van der Waals surface area contributed by atoms with Crippen LogP contribution < -0.4 is 5.32 Å². The van der Waals surface area contributed by atoms with Crippen molar-refractivity contribution < 1.29 is 4.79 Å². The van der Waals surface area contributed by atoms with Gasteiger partial charge in [0.2, 0.25) is 0 Å². The van der Waals surface area contributed by atoms with Crippen LogP contribution in [0.2, 0.25) is 0 Å². The van der Waals surface area contributed by atoms with Gasteiger partial charge in [-0.15, -0.1) is 0 Å². The highest BCUT2D eigenvalue weighted by molar-refractivity contribution is 5.95. The van der Waals surface area contributed by atoms with Gasteiger partial charge in [-0.25, -0.2) is 4.98 Å². The third-order valence-corrected chi connectivity index (χ3v) is 3.35. The van der Waals surface area contributed by atoms with Crippen molar-refractivity contribution in [3.05, 3.63) is 23.4 Å². The molecule has 1 amide bonds. The molecule has 0 atom stereocenters. The summed E-state index contributed by atoms with van der Waals surface area (Å²) in [5, 5.41) is 3.16. The van der Waals surface area contributed by atoms with Gasteiger partial charge in [-0.3, -0.25) is 4.79 Å². The molecule has 19 heavy (non-hydrogen) atoms. The topological polar surface area (TPSA) is 48.5 Å². The van der Waals surface area contributed by atoms with Crippen LogP contribution in [0.3, 0.4) is 0 Å². The number of carbonyl (C=O) groups is 1. The Morgan fingerprint density at radius 2 is 2.00 bits per heavy atom. The summed E-state index contributed by atoms with van der Waals surface area (Å²) >= 11 is 0. The van der Waals surface area contributed by atoms with Gasteiger partial charge in [0, 0.05) is 44.0 Å². The molecule has 5 nitrogen and oxygen atoms in total. The average molecular weight is 262 g/mol. The maximum absolute atomic E-state index is 12.5. The molecular weight excluding hydrogens is 240 g/mol. The number of hydrogen-bond donors (Lipinski definition) is 1. The molecule has 104 valence electrons. The fraction of sp³-hybridized carbons (Fsp3) is 0.571. The van der Waals surface area contributed by atoms with Gasteiger partial charge < -0.3 is 15.1 Å². The van der Waals surface area contributed by atoms with E-state index in [1.54, 1.807) is 0 Å². The number of nitrogens with one attached hydrogen (secondary N) is 1. The normalized spacial score (nSPS) is 16.5. The van der Waals surface area contributed by atoms with Crippen LogP contribution in [0.25, 0.3) is 0 Å². The summed E-state index contributed by atoms with van der Waals surface area (Å²) in [4.78, 5) is 21.0. The molecule has 0 aliphatic carbocycles. The van der Waals surface area contributed by atoms with E-state index in [-0.39, 0.29) is 5.91 Å². The predicted octanol–water partition coefficient (Wildman–Crippen LogP) is 1.21. The Morgan fingerprint density at radius 1 is 1.32 bits per heavy atom. The third-order valence-electron chi connectivity index (χ3n) is 3.35. The fourth-order valence-electron chi connectivity index (χ4n) is 2.26. The predicted molar refractivity (Wildman–Crippen MR) is 76.5 cm³/mol. The van der Waals surface area contributed by atoms with Crippen molar-refractivity contribution in [3.8, 4) is 0 Å². The Labute approximate surface area is 114 Å². The minimum Gasteiger partial charge on any atom is -0.370 e. The molecule has 2 heterocycles. The van der Waals surface area contributed by atoms with Gasteiger partial charge in [0.25, 0.3) is 5.91 Å². The molecule has 1 fully saturated rings. The highest BCUT2D eigenvalue weighted by Crippen LogP contribution is 2.13. The van der Waals surface area contributed by atoms with Gasteiger partial charge in [0.05, 0.1) is 0 Å². The maximum atomic E-state index is 12.5. The van der Waals surface area contributed by atoms with Gasteiger partial charge >= 0.3 is 0 Å². The second-order valence-corrected chi connectivity index (χ2v) is 5.01. The molecule has 1 aromatic rings. The number of likely N-dealkylation sites (N-methyl/N-ethyl adjacent to an activating group) is 1. The molecule has 1 aliphatic rings. The van der Waals surface area contributed by atoms with Crippen LogP contribution in [-0.2, 0) is 0 Å². The molecule has 1 saturated heterocycles. The van der Waals surface area contributed by atoms with Crippen molar-refractivity contribution in [2.45, 2.75) is 13.8 Å². The van der Waals surface area contributed by atoms with E-state index >= 15 is 0 Å². The fourth-order valence-corrected chi connectivity index (χ4v) is 2.26. The van der Waals surface area contributed by atoms with Crippen molar-refractivity contribution in [1.29, 1.82) is 0 Å². The summed E-state index contributed by atoms with van der Waals surface area (Å²) in [6, 6.07) is 3.71. The number of hydrogen-bond acceptors (Lipinski definition) is 4. The molecule has 0 unspecified atom stereocenters. The van der Waals surface area contributed by atoms with E-state index in [0.717, 1.165) is 49.8 Å². The lowest BCUT2D eigenvalue weighted by molar-refractivity contribution is 0.0664. The Hall–Kier alpha value is -1.62. The zero-order chi connectivity index (χ0) is 13.8. The number of carbonyl (C=O) groups excluding carboxylic acids is 1. The van der Waals surface area contributed by atoms with Gasteiger partial charge in [-0.05, 0) is 33.0 Å². The molecule has 0 spiro atoms. The first-order chi connectivity index (χ1) is 9.10. The van der Waals surface area contributed by atoms with Crippen LogP contribution in [0.5, 0.6) is 0 Å². The van der Waals surface area contributed by atoms with Gasteiger partial charge in [-0.2, -0.15) is 0 Å². The van der Waals surface area contributed by atoms with E-state index in [1.165, 1.54) is 0 Å². The molecule has 5 heteroatoms. The average Bonchev–Trinajstić information content (AvgIpc) is 2.38. The number of rotatable bonds is 3. The van der Waals surface area contributed by atoms with Crippen LogP contribution in [0.1, 0.15) is 23.0 Å². The van der Waals surface area contributed by atoms with E-state index in [9.17, 15) is 4.79 Å². The number of amides is 1. The van der Waals surface area contributed by atoms with E-state index in [0.29, 0.717) is 0 Å². The lowest BCUT2D eigenvalue weighted by Gasteiger charge is -2.32. The first-order valence-corrected chi connectivity index (χ1v) is 6.80. The first kappa shape index (κ1) is 13.8. The van der Waals surface area contributed by atoms with Crippen LogP contribution in [-0.4, -0.2) is 60.5 Å². The second kappa shape index (κ2) is 6.02. The highest BCUT2D eigenvalue weighted by atomic mass is 16.2. The SMILES string of the molecule is CCNc1cc(C(=O)N2CCN(C)CC2)cc(C)n1. The molecule has 1 N–H and O–H groups in total. The molecule has 1 aromatic heterocycles. The second-order valence-electron chi connectivity index (χ2n) is 5.01. The zero-order valence-electron chi connectivity index (χ0n) is 11.9. The molecule has 0 bridgehead atoms. The zero-order valence-corrected chi connectivity index (χ0v) is 11.9. The standard InChI is InChI=1S/C14H22N4O/c1-4-15-13-10-12(9-11(2)16-13)14(19)18-7-5-17(3)6-8-18/h9-10H,4-8H2,1-3H3,(H,15,16). The Morgan fingerprint density at radius 3 is 2.63 bits per heavy atom. The summed E-state index contributed by atoms with van der Waals surface area (Å²) in [5.41, 5.74) is 1.60. The molecule has 0 aromatic carbocycles. The van der Waals surface area contributed by atoms with E-state index in [4.69, 9.17) is 0 Å². The van der Waals surface area contributed by atoms with Crippen molar-refractivity contribution in [3.63, 3.8) is 0 Å². The van der Waals surface area contributed by atoms with Gasteiger partial charge in [0.15, 0.2) is 0 Å². The summed E-state index contributed by atoms with van der Waals surface area (Å²) in [6.07, 6.45) is 0. The summed E-state index contributed by atoms with van der Waals surface area (Å²) in [7, 11) is 2.08. The monoisotopic (exact) mass is 262 g/mol. The van der Waals surface area contributed by atoms with Crippen LogP contribution in [0.15, 0.2) is 12.1 Å². The largest absolute Gasteiger partial charge is 0.370 e. The smallest absolute Gasteiger partial charge is 0.254 e. The van der Waals surface area contributed by atoms with Crippen molar-refractivity contribution in [1.82, 2.24) is 14.8 Å².